The van der Waals surface area contributed by atoms with Gasteiger partial charge in [0.2, 0.25) is 0 Å². The molecule has 2 heterocycles. The molecule has 2 aromatic carbocycles. The summed E-state index contributed by atoms with van der Waals surface area (Å²) in [7, 11) is 1.91. The van der Waals surface area contributed by atoms with Gasteiger partial charge in [-0.3, -0.25) is 0 Å². The van der Waals surface area contributed by atoms with Gasteiger partial charge in [-0.05, 0) is 62.5 Å². The number of fused-ring (bicyclic) bond motifs is 1. The molecule has 0 amide bonds. The highest BCUT2D eigenvalue weighted by Gasteiger charge is 2.35. The lowest BCUT2D eigenvalue weighted by Gasteiger charge is -2.40. The number of aromatic hydroxyl groups is 2. The topological polar surface area (TPSA) is 65.0 Å². The summed E-state index contributed by atoms with van der Waals surface area (Å²) in [4.78, 5) is 2.55. The van der Waals surface area contributed by atoms with Crippen LogP contribution in [-0.2, 0) is 17.6 Å². The normalized spacial score (nSPS) is 23.1. The summed E-state index contributed by atoms with van der Waals surface area (Å²) in [5.41, 5.74) is 3.24. The van der Waals surface area contributed by atoms with Gasteiger partial charge in [-0.25, -0.2) is 0 Å². The zero-order valence-corrected chi connectivity index (χ0v) is 17.2. The highest BCUT2D eigenvalue weighted by Crippen LogP contribution is 2.42. The lowest BCUT2D eigenvalue weighted by molar-refractivity contribution is -0.0670. The Balaban J connectivity index is 1.37. The van der Waals surface area contributed by atoms with Gasteiger partial charge in [0.15, 0.2) is 11.5 Å². The maximum absolute atomic E-state index is 10.4. The maximum Gasteiger partial charge on any atom is 0.161 e. The minimum atomic E-state index is -0.0867. The van der Waals surface area contributed by atoms with E-state index in [1.165, 1.54) is 5.56 Å². The molecule has 2 aliphatic rings. The average Bonchev–Trinajstić information content (AvgIpc) is 2.76. The molecule has 29 heavy (non-hydrogen) atoms. The van der Waals surface area contributed by atoms with Crippen LogP contribution in [0.4, 0.5) is 0 Å². The molecule has 0 saturated carbocycles. The number of likely N-dealkylation sites (N-methyl/N-ethyl adjacent to an activating group) is 1. The number of phenolic OH excluding ortho intramolecular Hbond substituents is 2. The van der Waals surface area contributed by atoms with Crippen molar-refractivity contribution in [2.75, 3.05) is 33.2 Å². The second kappa shape index (κ2) is 9.16. The highest BCUT2D eigenvalue weighted by molar-refractivity contribution is 5.51. The summed E-state index contributed by atoms with van der Waals surface area (Å²) in [6, 6.07) is 14.1. The first-order valence-electron chi connectivity index (χ1n) is 10.8. The largest absolute Gasteiger partial charge is 0.504 e. The van der Waals surface area contributed by atoms with Crippen molar-refractivity contribution < 1.29 is 14.9 Å². The summed E-state index contributed by atoms with van der Waals surface area (Å²) in [5, 5.41) is 23.6. The van der Waals surface area contributed by atoms with Crippen molar-refractivity contribution in [2.24, 2.45) is 5.92 Å². The van der Waals surface area contributed by atoms with Crippen LogP contribution in [0, 0.1) is 5.92 Å². The second-order valence-electron chi connectivity index (χ2n) is 8.34. The van der Waals surface area contributed by atoms with Crippen molar-refractivity contribution in [1.29, 1.82) is 0 Å². The van der Waals surface area contributed by atoms with Crippen LogP contribution in [-0.4, -0.2) is 54.4 Å². The Labute approximate surface area is 173 Å². The Kier molecular flexibility index (Phi) is 6.38. The van der Waals surface area contributed by atoms with E-state index in [9.17, 15) is 10.2 Å². The fraction of sp³-hybridized carbons (Fsp3) is 0.500. The van der Waals surface area contributed by atoms with E-state index in [2.05, 4.69) is 40.5 Å². The fourth-order valence-corrected chi connectivity index (χ4v) is 4.79. The summed E-state index contributed by atoms with van der Waals surface area (Å²) in [5.74, 6) is 0.470. The van der Waals surface area contributed by atoms with E-state index in [1.807, 2.05) is 13.1 Å². The quantitative estimate of drug-likeness (QED) is 0.654. The van der Waals surface area contributed by atoms with Crippen molar-refractivity contribution in [3.63, 3.8) is 0 Å². The third kappa shape index (κ3) is 4.58. The lowest BCUT2D eigenvalue weighted by atomic mass is 9.83. The van der Waals surface area contributed by atoms with E-state index >= 15 is 0 Å². The molecule has 5 heteroatoms. The second-order valence-corrected chi connectivity index (χ2v) is 8.34. The smallest absolute Gasteiger partial charge is 0.161 e. The Morgan fingerprint density at radius 1 is 1.07 bits per heavy atom. The van der Waals surface area contributed by atoms with E-state index < -0.39 is 0 Å². The van der Waals surface area contributed by atoms with Crippen molar-refractivity contribution in [3.8, 4) is 11.5 Å². The third-order valence-electron chi connectivity index (χ3n) is 6.50. The molecule has 0 aliphatic carbocycles. The number of benzene rings is 2. The van der Waals surface area contributed by atoms with E-state index in [1.54, 1.807) is 6.07 Å². The number of hydrogen-bond acceptors (Lipinski definition) is 5. The van der Waals surface area contributed by atoms with Crippen molar-refractivity contribution in [1.82, 2.24) is 10.2 Å². The molecular weight excluding hydrogens is 364 g/mol. The molecule has 2 atom stereocenters. The van der Waals surface area contributed by atoms with Gasteiger partial charge in [-0.15, -0.1) is 0 Å². The van der Waals surface area contributed by atoms with Crippen LogP contribution in [0.2, 0.25) is 0 Å². The molecule has 2 aliphatic heterocycles. The first kappa shape index (κ1) is 20.2. The molecule has 1 fully saturated rings. The van der Waals surface area contributed by atoms with Crippen LogP contribution in [0.1, 0.15) is 35.6 Å². The zero-order valence-electron chi connectivity index (χ0n) is 17.2. The van der Waals surface area contributed by atoms with Crippen molar-refractivity contribution in [2.45, 2.75) is 37.9 Å². The highest BCUT2D eigenvalue weighted by atomic mass is 16.5. The minimum absolute atomic E-state index is 0.0252. The van der Waals surface area contributed by atoms with E-state index in [0.717, 1.165) is 50.0 Å². The molecular formula is C24H32N2O3. The summed E-state index contributed by atoms with van der Waals surface area (Å²) < 4.78 is 6.48. The van der Waals surface area contributed by atoms with E-state index in [-0.39, 0.29) is 23.7 Å². The van der Waals surface area contributed by atoms with E-state index in [0.29, 0.717) is 18.9 Å². The van der Waals surface area contributed by atoms with Crippen LogP contribution in [0.3, 0.4) is 0 Å². The van der Waals surface area contributed by atoms with Gasteiger partial charge in [0, 0.05) is 25.1 Å². The summed E-state index contributed by atoms with van der Waals surface area (Å²) in [6.07, 6.45) is 3.99. The molecule has 4 rings (SSSR count). The molecule has 5 nitrogen and oxygen atoms in total. The third-order valence-corrected chi connectivity index (χ3v) is 6.50. The van der Waals surface area contributed by atoms with Gasteiger partial charge in [0.05, 0.1) is 12.2 Å². The predicted octanol–water partition coefficient (Wildman–Crippen LogP) is 3.25. The average molecular weight is 397 g/mol. The summed E-state index contributed by atoms with van der Waals surface area (Å²) in [6.45, 7) is 3.98. The number of likely N-dealkylation sites (tertiary alicyclic amines) is 1. The maximum atomic E-state index is 10.4. The Morgan fingerprint density at radius 3 is 2.55 bits per heavy atom. The van der Waals surface area contributed by atoms with Crippen LogP contribution in [0.15, 0.2) is 42.5 Å². The number of ether oxygens (including phenoxy) is 1. The summed E-state index contributed by atoms with van der Waals surface area (Å²) >= 11 is 0. The molecule has 156 valence electrons. The van der Waals surface area contributed by atoms with Gasteiger partial charge in [-0.1, -0.05) is 36.4 Å². The Morgan fingerprint density at radius 2 is 1.83 bits per heavy atom. The Hall–Kier alpha value is -2.08. The van der Waals surface area contributed by atoms with Crippen LogP contribution in [0.25, 0.3) is 0 Å². The van der Waals surface area contributed by atoms with E-state index in [4.69, 9.17) is 4.74 Å². The molecule has 0 spiro atoms. The molecule has 0 bridgehead atoms. The van der Waals surface area contributed by atoms with Gasteiger partial charge in [-0.2, -0.15) is 0 Å². The molecule has 0 unspecified atom stereocenters. The molecule has 0 aromatic heterocycles. The first-order valence-corrected chi connectivity index (χ1v) is 10.8. The SMILES string of the molecule is CNC[C@@H]1O[C@H](C2CCN(CCc3ccccc3)CC2)Cc2c1ccc(O)c2O. The number of rotatable bonds is 6. The van der Waals surface area contributed by atoms with Gasteiger partial charge >= 0.3 is 0 Å². The van der Waals surface area contributed by atoms with Crippen molar-refractivity contribution >= 4 is 0 Å². The van der Waals surface area contributed by atoms with Crippen LogP contribution >= 0.6 is 0 Å². The fourth-order valence-electron chi connectivity index (χ4n) is 4.79. The number of nitrogens with zero attached hydrogens (tertiary/aromatic N) is 1. The Bertz CT molecular complexity index is 803. The number of piperidine rings is 1. The molecule has 0 radical (unpaired) electrons. The van der Waals surface area contributed by atoms with Crippen molar-refractivity contribution in [3.05, 3.63) is 59.2 Å². The van der Waals surface area contributed by atoms with Crippen LogP contribution < -0.4 is 5.32 Å². The van der Waals surface area contributed by atoms with Gasteiger partial charge in [0.25, 0.3) is 0 Å². The van der Waals surface area contributed by atoms with Gasteiger partial charge < -0.3 is 25.2 Å². The van der Waals surface area contributed by atoms with Gasteiger partial charge in [0.1, 0.15) is 0 Å². The number of phenols is 2. The standard InChI is InChI=1S/C24H32N2O3/c1-25-16-23-19-7-8-21(27)24(28)20(19)15-22(29-23)18-10-13-26(14-11-18)12-9-17-5-3-2-4-6-17/h2-8,18,22-23,25,27-28H,9-16H2,1H3/t22-,23-/m0/s1. The first-order chi connectivity index (χ1) is 14.2. The monoisotopic (exact) mass is 396 g/mol. The molecule has 3 N–H and O–H groups in total. The number of nitrogens with one attached hydrogen (secondary N) is 1. The number of hydrogen-bond donors (Lipinski definition) is 3. The van der Waals surface area contributed by atoms with Crippen LogP contribution in [0.5, 0.6) is 11.5 Å². The lowest BCUT2D eigenvalue weighted by Crippen LogP contribution is -2.42. The zero-order chi connectivity index (χ0) is 20.2. The predicted molar refractivity (Wildman–Crippen MR) is 114 cm³/mol. The molecule has 2 aromatic rings. The minimum Gasteiger partial charge on any atom is -0.504 e. The molecule has 1 saturated heterocycles.